The highest BCUT2D eigenvalue weighted by Gasteiger charge is 2.36. The molecule has 0 aliphatic carbocycles. The molecule has 132 valence electrons. The second-order valence-electron chi connectivity index (χ2n) is 5.76. The number of anilines is 1. The summed E-state index contributed by atoms with van der Waals surface area (Å²) in [6.45, 7) is 3.23. The maximum atomic E-state index is 12.9. The minimum absolute atomic E-state index is 0.136. The average Bonchev–Trinajstić information content (AvgIpc) is 3.16. The smallest absolute Gasteiger partial charge is 0.347 e. The zero-order valence-corrected chi connectivity index (χ0v) is 14.7. The Morgan fingerprint density at radius 2 is 2.04 bits per heavy atom. The zero-order chi connectivity index (χ0) is 17.8. The van der Waals surface area contributed by atoms with Gasteiger partial charge in [-0.25, -0.2) is 9.97 Å². The number of thiophene rings is 1. The van der Waals surface area contributed by atoms with Crippen molar-refractivity contribution in [3.8, 4) is 0 Å². The van der Waals surface area contributed by atoms with Crippen molar-refractivity contribution in [3.05, 3.63) is 33.9 Å². The van der Waals surface area contributed by atoms with E-state index in [0.717, 1.165) is 27.7 Å². The molecule has 0 amide bonds. The third-order valence-corrected chi connectivity index (χ3v) is 5.48. The highest BCUT2D eigenvalue weighted by molar-refractivity contribution is 7.18. The van der Waals surface area contributed by atoms with Crippen molar-refractivity contribution in [2.75, 3.05) is 11.4 Å². The maximum Gasteiger partial charge on any atom is 0.434 e. The van der Waals surface area contributed by atoms with Gasteiger partial charge in [-0.3, -0.25) is 0 Å². The van der Waals surface area contributed by atoms with E-state index in [0.29, 0.717) is 24.7 Å². The van der Waals surface area contributed by atoms with Gasteiger partial charge >= 0.3 is 6.18 Å². The fourth-order valence-electron chi connectivity index (χ4n) is 2.92. The van der Waals surface area contributed by atoms with Gasteiger partial charge in [-0.05, 0) is 24.1 Å². The molecule has 1 aliphatic heterocycles. The monoisotopic (exact) mass is 387 g/mol. The van der Waals surface area contributed by atoms with Crippen LogP contribution >= 0.6 is 22.9 Å². The number of aryl methyl sites for hydroxylation is 1. The summed E-state index contributed by atoms with van der Waals surface area (Å²) in [7, 11) is 0. The molecular weight excluding hydrogens is 375 g/mol. The molecule has 25 heavy (non-hydrogen) atoms. The van der Waals surface area contributed by atoms with Gasteiger partial charge in [0.1, 0.15) is 16.5 Å². The fourth-order valence-corrected chi connectivity index (χ4v) is 4.09. The average molecular weight is 388 g/mol. The van der Waals surface area contributed by atoms with E-state index < -0.39 is 11.9 Å². The number of fused-ring (bicyclic) bond motifs is 2. The van der Waals surface area contributed by atoms with Crippen LogP contribution in [0.25, 0.3) is 10.2 Å². The van der Waals surface area contributed by atoms with E-state index in [1.807, 2.05) is 11.0 Å². The van der Waals surface area contributed by atoms with Crippen molar-refractivity contribution < 1.29 is 13.2 Å². The van der Waals surface area contributed by atoms with E-state index in [4.69, 9.17) is 11.6 Å². The van der Waals surface area contributed by atoms with Gasteiger partial charge in [-0.2, -0.15) is 18.2 Å². The molecule has 0 unspecified atom stereocenters. The molecule has 3 aromatic rings. The van der Waals surface area contributed by atoms with Gasteiger partial charge in [-0.15, -0.1) is 11.3 Å². The third kappa shape index (κ3) is 2.95. The Morgan fingerprint density at radius 3 is 2.76 bits per heavy atom. The minimum atomic E-state index is -4.44. The molecule has 10 heteroatoms. The van der Waals surface area contributed by atoms with Crippen LogP contribution in [0, 0.1) is 0 Å². The molecule has 0 atom stereocenters. The topological polar surface area (TPSA) is 46.8 Å². The third-order valence-electron chi connectivity index (χ3n) is 4.14. The van der Waals surface area contributed by atoms with E-state index in [9.17, 15) is 13.2 Å². The molecule has 3 aromatic heterocycles. The Balaban J connectivity index is 1.73. The second kappa shape index (κ2) is 5.84. The van der Waals surface area contributed by atoms with Crippen LogP contribution in [0.2, 0.25) is 5.28 Å². The van der Waals surface area contributed by atoms with Crippen molar-refractivity contribution in [3.63, 3.8) is 0 Å². The summed E-state index contributed by atoms with van der Waals surface area (Å²) in [6, 6.07) is 2.02. The first kappa shape index (κ1) is 16.6. The Kier molecular flexibility index (Phi) is 3.88. The highest BCUT2D eigenvalue weighted by Crippen LogP contribution is 2.34. The molecule has 0 aromatic carbocycles. The van der Waals surface area contributed by atoms with Gasteiger partial charge in [0.2, 0.25) is 5.28 Å². The quantitative estimate of drug-likeness (QED) is 0.620. The van der Waals surface area contributed by atoms with Crippen LogP contribution < -0.4 is 4.90 Å². The number of imidazole rings is 1. The normalized spacial score (nSPS) is 15.0. The molecule has 4 heterocycles. The maximum absolute atomic E-state index is 12.9. The first-order chi connectivity index (χ1) is 11.8. The number of hydrogen-bond acceptors (Lipinski definition) is 5. The molecule has 0 saturated carbocycles. The first-order valence-corrected chi connectivity index (χ1v) is 8.88. The van der Waals surface area contributed by atoms with Crippen LogP contribution in [-0.4, -0.2) is 26.1 Å². The Morgan fingerprint density at radius 1 is 1.24 bits per heavy atom. The summed E-state index contributed by atoms with van der Waals surface area (Å²) in [4.78, 5) is 16.2. The number of hydrogen-bond donors (Lipinski definition) is 0. The molecule has 0 spiro atoms. The molecule has 0 fully saturated rings. The summed E-state index contributed by atoms with van der Waals surface area (Å²) in [5, 5.41) is 1.01. The molecule has 0 radical (unpaired) electrons. The van der Waals surface area contributed by atoms with Crippen LogP contribution in [0.5, 0.6) is 0 Å². The predicted octanol–water partition coefficient (Wildman–Crippen LogP) is 4.14. The van der Waals surface area contributed by atoms with Gasteiger partial charge in [-0.1, -0.05) is 6.92 Å². The van der Waals surface area contributed by atoms with E-state index in [-0.39, 0.29) is 11.8 Å². The number of aromatic nitrogens is 4. The van der Waals surface area contributed by atoms with Crippen LogP contribution in [0.4, 0.5) is 19.0 Å². The number of rotatable bonds is 2. The van der Waals surface area contributed by atoms with Gasteiger partial charge in [0.25, 0.3) is 0 Å². The molecule has 0 bridgehead atoms. The van der Waals surface area contributed by atoms with Crippen molar-refractivity contribution in [2.24, 2.45) is 0 Å². The van der Waals surface area contributed by atoms with E-state index >= 15 is 0 Å². The summed E-state index contributed by atoms with van der Waals surface area (Å²) in [5.41, 5.74) is -0.862. The number of halogens is 4. The summed E-state index contributed by atoms with van der Waals surface area (Å²) >= 11 is 7.60. The molecular formula is C15H13ClF3N5S. The Hall–Kier alpha value is -1.87. The van der Waals surface area contributed by atoms with Crippen molar-refractivity contribution in [1.82, 2.24) is 19.5 Å². The van der Waals surface area contributed by atoms with Crippen LogP contribution in [0.1, 0.15) is 23.3 Å². The van der Waals surface area contributed by atoms with E-state index in [1.54, 1.807) is 15.9 Å². The summed E-state index contributed by atoms with van der Waals surface area (Å²) < 4.78 is 40.2. The molecule has 0 N–H and O–H groups in total. The van der Waals surface area contributed by atoms with Crippen molar-refractivity contribution >= 4 is 39.0 Å². The van der Waals surface area contributed by atoms with E-state index in [2.05, 4.69) is 21.9 Å². The first-order valence-electron chi connectivity index (χ1n) is 7.69. The zero-order valence-electron chi connectivity index (χ0n) is 13.1. The second-order valence-corrected chi connectivity index (χ2v) is 7.21. The van der Waals surface area contributed by atoms with Crippen LogP contribution in [0.3, 0.4) is 0 Å². The fraction of sp³-hybridized carbons (Fsp3) is 0.400. The van der Waals surface area contributed by atoms with Gasteiger partial charge in [0, 0.05) is 24.2 Å². The number of nitrogens with zero attached hydrogens (tertiary/aromatic N) is 5. The van der Waals surface area contributed by atoms with Crippen molar-refractivity contribution in [1.29, 1.82) is 0 Å². The lowest BCUT2D eigenvalue weighted by molar-refractivity contribution is -0.141. The lowest BCUT2D eigenvalue weighted by Gasteiger charge is -2.28. The summed E-state index contributed by atoms with van der Waals surface area (Å²) in [6.07, 6.45) is -2.50. The van der Waals surface area contributed by atoms with Gasteiger partial charge in [0.15, 0.2) is 5.69 Å². The lowest BCUT2D eigenvalue weighted by Crippen LogP contribution is -2.34. The minimum Gasteiger partial charge on any atom is -0.347 e. The molecule has 1 aliphatic rings. The lowest BCUT2D eigenvalue weighted by atomic mass is 10.2. The Bertz CT molecular complexity index is 949. The van der Waals surface area contributed by atoms with E-state index in [1.165, 1.54) is 0 Å². The largest absolute Gasteiger partial charge is 0.434 e. The van der Waals surface area contributed by atoms with Crippen LogP contribution in [-0.2, 0) is 25.7 Å². The predicted molar refractivity (Wildman–Crippen MR) is 90.1 cm³/mol. The highest BCUT2D eigenvalue weighted by atomic mass is 35.5. The van der Waals surface area contributed by atoms with Crippen LogP contribution in [0.15, 0.2) is 12.3 Å². The molecule has 5 nitrogen and oxygen atoms in total. The molecule has 4 rings (SSSR count). The number of alkyl halides is 3. The summed E-state index contributed by atoms with van der Waals surface area (Å²) in [5.74, 6) is 1.01. The van der Waals surface area contributed by atoms with Gasteiger partial charge in [0.05, 0.1) is 11.9 Å². The SMILES string of the molecule is CCc1cc2c(N3CCn4cc(C(F)(F)F)nc4C3)nc(Cl)nc2s1. The van der Waals surface area contributed by atoms with Crippen molar-refractivity contribution in [2.45, 2.75) is 32.6 Å². The standard InChI is InChI=1S/C15H13ClF3N5S/c1-2-8-5-9-12(21-14(16)22-13(9)25-8)24-4-3-23-6-10(15(17,18)19)20-11(23)7-24/h5-6H,2-4,7H2,1H3. The Labute approximate surface area is 150 Å². The molecule has 0 saturated heterocycles. The van der Waals surface area contributed by atoms with Gasteiger partial charge < -0.3 is 9.47 Å².